The highest BCUT2D eigenvalue weighted by Gasteiger charge is 2.34. The van der Waals surface area contributed by atoms with E-state index < -0.39 is 30.1 Å². The predicted octanol–water partition coefficient (Wildman–Crippen LogP) is -0.841. The molecule has 0 bridgehead atoms. The van der Waals surface area contributed by atoms with Gasteiger partial charge in [-0.1, -0.05) is 0 Å². The third kappa shape index (κ3) is 7.02. The van der Waals surface area contributed by atoms with Crippen molar-refractivity contribution in [1.82, 2.24) is 5.32 Å². The van der Waals surface area contributed by atoms with Crippen LogP contribution in [0.25, 0.3) is 0 Å². The largest absolute Gasteiger partial charge is 0.466 e. The lowest BCUT2D eigenvalue weighted by atomic mass is 10.2. The van der Waals surface area contributed by atoms with Crippen LogP contribution < -0.4 is 5.32 Å². The number of carbonyl (C=O) groups excluding carboxylic acids is 4. The minimum absolute atomic E-state index is 0.179. The molecule has 108 valence electrons. The molecule has 0 radical (unpaired) electrons. The second-order valence-corrected chi connectivity index (χ2v) is 3.64. The van der Waals surface area contributed by atoms with E-state index in [0.29, 0.717) is 0 Å². The number of ether oxygens (including phenoxy) is 3. The maximum atomic E-state index is 11.5. The molecule has 8 heteroatoms. The van der Waals surface area contributed by atoms with Crippen LogP contribution in [0.15, 0.2) is 0 Å². The quantitative estimate of drug-likeness (QED) is 0.497. The van der Waals surface area contributed by atoms with E-state index in [-0.39, 0.29) is 12.5 Å². The lowest BCUT2D eigenvalue weighted by molar-refractivity contribution is -0.179. The van der Waals surface area contributed by atoms with Crippen molar-refractivity contribution in [2.24, 2.45) is 0 Å². The van der Waals surface area contributed by atoms with Crippen LogP contribution in [0.3, 0.4) is 0 Å². The van der Waals surface area contributed by atoms with Crippen LogP contribution in [0.5, 0.6) is 0 Å². The summed E-state index contributed by atoms with van der Waals surface area (Å²) in [5.41, 5.74) is 0. The molecule has 0 aromatic carbocycles. The Hall–Kier alpha value is -2.12. The van der Waals surface area contributed by atoms with Gasteiger partial charge in [-0.15, -0.1) is 0 Å². The third-order valence-corrected chi connectivity index (χ3v) is 1.93. The van der Waals surface area contributed by atoms with Gasteiger partial charge in [0.05, 0.1) is 13.7 Å². The van der Waals surface area contributed by atoms with Crippen LogP contribution in [-0.2, 0) is 33.4 Å². The molecule has 0 unspecified atom stereocenters. The molecule has 0 saturated carbocycles. The molecule has 0 fully saturated rings. The molecule has 0 spiro atoms. The number of amides is 1. The topological polar surface area (TPSA) is 108 Å². The molecule has 1 N–H and O–H groups in total. The van der Waals surface area contributed by atoms with E-state index in [1.807, 2.05) is 0 Å². The number of esters is 3. The highest BCUT2D eigenvalue weighted by Crippen LogP contribution is 2.07. The molecule has 0 aliphatic rings. The van der Waals surface area contributed by atoms with Crippen molar-refractivity contribution in [1.29, 1.82) is 0 Å². The Morgan fingerprint density at radius 3 is 1.89 bits per heavy atom. The molecule has 0 saturated heterocycles. The lowest BCUT2D eigenvalue weighted by Gasteiger charge is -2.24. The standard InChI is InChI=1S/C11H17NO7/c1-6(13)12-5-9(18-7(2)14)10(11(16)17-4)19-8(3)15/h9-10H,5H2,1-4H3,(H,12,13)/t9-,10-/m0/s1. The SMILES string of the molecule is COC(=O)[C@@H](OC(C)=O)[C@H](CNC(C)=O)OC(C)=O. The molecule has 0 rings (SSSR count). The lowest BCUT2D eigenvalue weighted by Crippen LogP contribution is -2.47. The summed E-state index contributed by atoms with van der Waals surface area (Å²) in [6, 6.07) is 0. The van der Waals surface area contributed by atoms with Crippen LogP contribution in [0.2, 0.25) is 0 Å². The average Bonchev–Trinajstić information content (AvgIpc) is 2.29. The zero-order chi connectivity index (χ0) is 15.0. The summed E-state index contributed by atoms with van der Waals surface area (Å²) < 4.78 is 14.1. The summed E-state index contributed by atoms with van der Waals surface area (Å²) >= 11 is 0. The molecule has 0 aromatic heterocycles. The van der Waals surface area contributed by atoms with Gasteiger partial charge in [0.2, 0.25) is 12.0 Å². The Kier molecular flexibility index (Phi) is 7.16. The van der Waals surface area contributed by atoms with Gasteiger partial charge in [0.1, 0.15) is 0 Å². The molecule has 19 heavy (non-hydrogen) atoms. The fourth-order valence-corrected chi connectivity index (χ4v) is 1.24. The highest BCUT2D eigenvalue weighted by molar-refractivity contribution is 5.80. The first-order valence-corrected chi connectivity index (χ1v) is 5.44. The van der Waals surface area contributed by atoms with Crippen molar-refractivity contribution in [2.75, 3.05) is 13.7 Å². The van der Waals surface area contributed by atoms with Crippen molar-refractivity contribution in [2.45, 2.75) is 33.0 Å². The minimum Gasteiger partial charge on any atom is -0.466 e. The van der Waals surface area contributed by atoms with Crippen LogP contribution in [-0.4, -0.2) is 49.7 Å². The molecular weight excluding hydrogens is 258 g/mol. The summed E-state index contributed by atoms with van der Waals surface area (Å²) in [6.45, 7) is 3.30. The molecule has 0 aliphatic carbocycles. The Bertz CT molecular complexity index is 366. The monoisotopic (exact) mass is 275 g/mol. The molecule has 0 heterocycles. The van der Waals surface area contributed by atoms with E-state index in [1.54, 1.807) is 0 Å². The van der Waals surface area contributed by atoms with Gasteiger partial charge in [0, 0.05) is 20.8 Å². The summed E-state index contributed by atoms with van der Waals surface area (Å²) in [7, 11) is 1.10. The molecule has 8 nitrogen and oxygen atoms in total. The van der Waals surface area contributed by atoms with Gasteiger partial charge in [-0.2, -0.15) is 0 Å². The number of rotatable bonds is 6. The summed E-state index contributed by atoms with van der Waals surface area (Å²) in [4.78, 5) is 44.3. The number of hydrogen-bond donors (Lipinski definition) is 1. The average molecular weight is 275 g/mol. The van der Waals surface area contributed by atoms with E-state index in [0.717, 1.165) is 21.0 Å². The van der Waals surface area contributed by atoms with Crippen LogP contribution in [0.4, 0.5) is 0 Å². The number of methoxy groups -OCH3 is 1. The van der Waals surface area contributed by atoms with Gasteiger partial charge in [0.15, 0.2) is 6.10 Å². The van der Waals surface area contributed by atoms with Crippen molar-refractivity contribution < 1.29 is 33.4 Å². The molecule has 2 atom stereocenters. The molecular formula is C11H17NO7. The number of nitrogens with one attached hydrogen (secondary N) is 1. The molecule has 0 aliphatic heterocycles. The number of hydrogen-bond acceptors (Lipinski definition) is 7. The zero-order valence-corrected chi connectivity index (χ0v) is 11.2. The number of carbonyl (C=O) groups is 4. The predicted molar refractivity (Wildman–Crippen MR) is 61.8 cm³/mol. The van der Waals surface area contributed by atoms with E-state index in [1.165, 1.54) is 6.92 Å². The summed E-state index contributed by atoms with van der Waals surface area (Å²) in [5, 5.41) is 2.37. The third-order valence-electron chi connectivity index (χ3n) is 1.93. The van der Waals surface area contributed by atoms with E-state index in [2.05, 4.69) is 10.1 Å². The Morgan fingerprint density at radius 1 is 1.00 bits per heavy atom. The fraction of sp³-hybridized carbons (Fsp3) is 0.636. The van der Waals surface area contributed by atoms with Crippen molar-refractivity contribution >= 4 is 23.8 Å². The first-order chi connectivity index (χ1) is 8.77. The first kappa shape index (κ1) is 16.9. The van der Waals surface area contributed by atoms with Gasteiger partial charge in [-0.3, -0.25) is 14.4 Å². The second kappa shape index (κ2) is 8.06. The van der Waals surface area contributed by atoms with Gasteiger partial charge in [-0.25, -0.2) is 4.79 Å². The normalized spacial score (nSPS) is 12.8. The maximum absolute atomic E-state index is 11.5. The van der Waals surface area contributed by atoms with E-state index in [4.69, 9.17) is 9.47 Å². The van der Waals surface area contributed by atoms with Gasteiger partial charge < -0.3 is 19.5 Å². The first-order valence-electron chi connectivity index (χ1n) is 5.44. The van der Waals surface area contributed by atoms with Crippen molar-refractivity contribution in [3.63, 3.8) is 0 Å². The van der Waals surface area contributed by atoms with Crippen molar-refractivity contribution in [3.8, 4) is 0 Å². The zero-order valence-electron chi connectivity index (χ0n) is 11.2. The van der Waals surface area contributed by atoms with E-state index >= 15 is 0 Å². The van der Waals surface area contributed by atoms with Crippen molar-refractivity contribution in [3.05, 3.63) is 0 Å². The molecule has 1 amide bonds. The Labute approximate surface area is 110 Å². The second-order valence-electron chi connectivity index (χ2n) is 3.64. The maximum Gasteiger partial charge on any atom is 0.351 e. The summed E-state index contributed by atoms with van der Waals surface area (Å²) in [5.74, 6) is -2.69. The summed E-state index contributed by atoms with van der Waals surface area (Å²) in [6.07, 6.45) is -2.59. The molecule has 0 aromatic rings. The Balaban J connectivity index is 4.97. The highest BCUT2D eigenvalue weighted by atomic mass is 16.6. The van der Waals surface area contributed by atoms with Gasteiger partial charge in [0.25, 0.3) is 0 Å². The van der Waals surface area contributed by atoms with Crippen LogP contribution >= 0.6 is 0 Å². The van der Waals surface area contributed by atoms with Crippen LogP contribution in [0.1, 0.15) is 20.8 Å². The Morgan fingerprint density at radius 2 is 1.53 bits per heavy atom. The fourth-order valence-electron chi connectivity index (χ4n) is 1.24. The van der Waals surface area contributed by atoms with Crippen LogP contribution in [0, 0.1) is 0 Å². The smallest absolute Gasteiger partial charge is 0.351 e. The minimum atomic E-state index is -1.43. The van der Waals surface area contributed by atoms with E-state index in [9.17, 15) is 19.2 Å². The van der Waals surface area contributed by atoms with Gasteiger partial charge in [-0.05, 0) is 0 Å². The van der Waals surface area contributed by atoms with Gasteiger partial charge >= 0.3 is 17.9 Å².